The lowest BCUT2D eigenvalue weighted by Crippen LogP contribution is -1.98. The van der Waals surface area contributed by atoms with E-state index in [1.165, 1.54) is 0 Å². The average molecular weight is 213 g/mol. The van der Waals surface area contributed by atoms with Crippen molar-refractivity contribution in [1.82, 2.24) is 0 Å². The maximum absolute atomic E-state index is 8.98. The molecule has 2 aromatic carbocycles. The predicted molar refractivity (Wildman–Crippen MR) is 67.0 cm³/mol. The zero-order valence-corrected chi connectivity index (χ0v) is 9.06. The number of para-hydroxylation sites is 2. The number of aliphatic hydroxyl groups excluding tert-OH is 1. The molecule has 0 radical (unpaired) electrons. The van der Waals surface area contributed by atoms with Crippen molar-refractivity contribution in [2.24, 2.45) is 0 Å². The van der Waals surface area contributed by atoms with Crippen molar-refractivity contribution in [1.29, 1.82) is 0 Å². The zero-order chi connectivity index (χ0) is 11.2. The fraction of sp³-hybridized carbons (Fsp3) is 0.143. The molecule has 16 heavy (non-hydrogen) atoms. The van der Waals surface area contributed by atoms with Gasteiger partial charge in [0.1, 0.15) is 0 Å². The molecular weight excluding hydrogens is 198 g/mol. The summed E-state index contributed by atoms with van der Waals surface area (Å²) in [6.45, 7) is 0.174. The Kier molecular flexibility index (Phi) is 3.57. The predicted octanol–water partition coefficient (Wildman–Crippen LogP) is 2.97. The highest BCUT2D eigenvalue weighted by Crippen LogP contribution is 2.20. The van der Waals surface area contributed by atoms with Gasteiger partial charge in [-0.3, -0.25) is 0 Å². The lowest BCUT2D eigenvalue weighted by Gasteiger charge is -2.10. The second kappa shape index (κ2) is 5.33. The standard InChI is InChI=1S/C14H15NO/c16-11-10-12-6-4-5-9-14(12)15-13-7-2-1-3-8-13/h1-9,15-16H,10-11H2. The van der Waals surface area contributed by atoms with Gasteiger partial charge in [0.2, 0.25) is 0 Å². The van der Waals surface area contributed by atoms with Crippen LogP contribution in [0.1, 0.15) is 5.56 Å². The van der Waals surface area contributed by atoms with Gasteiger partial charge in [-0.1, -0.05) is 36.4 Å². The summed E-state index contributed by atoms with van der Waals surface area (Å²) >= 11 is 0. The third kappa shape index (κ3) is 2.61. The third-order valence-corrected chi connectivity index (χ3v) is 2.45. The number of hydrogen-bond donors (Lipinski definition) is 2. The Balaban J connectivity index is 2.21. The molecule has 0 amide bonds. The first kappa shape index (κ1) is 10.7. The fourth-order valence-electron chi connectivity index (χ4n) is 1.66. The van der Waals surface area contributed by atoms with Crippen LogP contribution < -0.4 is 5.32 Å². The normalized spacial score (nSPS) is 10.1. The van der Waals surface area contributed by atoms with E-state index in [0.717, 1.165) is 16.9 Å². The van der Waals surface area contributed by atoms with E-state index in [1.807, 2.05) is 54.6 Å². The summed E-state index contributed by atoms with van der Waals surface area (Å²) < 4.78 is 0. The molecule has 0 heterocycles. The molecule has 0 atom stereocenters. The Morgan fingerprint density at radius 2 is 1.56 bits per heavy atom. The van der Waals surface area contributed by atoms with Crippen LogP contribution in [0.25, 0.3) is 0 Å². The van der Waals surface area contributed by atoms with Crippen LogP contribution in [0, 0.1) is 0 Å². The fourth-order valence-corrected chi connectivity index (χ4v) is 1.66. The highest BCUT2D eigenvalue weighted by atomic mass is 16.2. The molecule has 2 N–H and O–H groups in total. The van der Waals surface area contributed by atoms with Crippen molar-refractivity contribution in [3.63, 3.8) is 0 Å². The van der Waals surface area contributed by atoms with Gasteiger partial charge in [0, 0.05) is 18.0 Å². The molecule has 0 aliphatic rings. The second-order valence-corrected chi connectivity index (χ2v) is 3.62. The minimum absolute atomic E-state index is 0.174. The van der Waals surface area contributed by atoms with E-state index in [4.69, 9.17) is 5.11 Å². The van der Waals surface area contributed by atoms with Gasteiger partial charge < -0.3 is 10.4 Å². The Bertz CT molecular complexity index is 439. The monoisotopic (exact) mass is 213 g/mol. The maximum atomic E-state index is 8.98. The van der Waals surface area contributed by atoms with E-state index in [1.54, 1.807) is 0 Å². The van der Waals surface area contributed by atoms with Crippen LogP contribution in [-0.4, -0.2) is 11.7 Å². The molecule has 2 aromatic rings. The molecule has 0 aromatic heterocycles. The van der Waals surface area contributed by atoms with Crippen LogP contribution in [0.5, 0.6) is 0 Å². The molecule has 0 unspecified atom stereocenters. The molecule has 2 rings (SSSR count). The van der Waals surface area contributed by atoms with Crippen LogP contribution in [-0.2, 0) is 6.42 Å². The minimum atomic E-state index is 0.174. The third-order valence-electron chi connectivity index (χ3n) is 2.45. The molecule has 0 saturated carbocycles. The number of aliphatic hydroxyl groups is 1. The molecule has 0 spiro atoms. The molecule has 0 saturated heterocycles. The van der Waals surface area contributed by atoms with Crippen LogP contribution in [0.15, 0.2) is 54.6 Å². The summed E-state index contributed by atoms with van der Waals surface area (Å²) in [6.07, 6.45) is 0.677. The lowest BCUT2D eigenvalue weighted by atomic mass is 10.1. The van der Waals surface area contributed by atoms with Gasteiger partial charge in [-0.15, -0.1) is 0 Å². The summed E-state index contributed by atoms with van der Waals surface area (Å²) in [6, 6.07) is 18.1. The van der Waals surface area contributed by atoms with E-state index >= 15 is 0 Å². The van der Waals surface area contributed by atoms with E-state index < -0.39 is 0 Å². The highest BCUT2D eigenvalue weighted by Gasteiger charge is 2.00. The van der Waals surface area contributed by atoms with Crippen molar-refractivity contribution in [2.75, 3.05) is 11.9 Å². The largest absolute Gasteiger partial charge is 0.396 e. The summed E-state index contributed by atoms with van der Waals surface area (Å²) in [5.74, 6) is 0. The van der Waals surface area contributed by atoms with Crippen LogP contribution in [0.3, 0.4) is 0 Å². The first-order valence-corrected chi connectivity index (χ1v) is 5.41. The molecule has 0 aliphatic heterocycles. The molecule has 0 bridgehead atoms. The second-order valence-electron chi connectivity index (χ2n) is 3.62. The highest BCUT2D eigenvalue weighted by molar-refractivity contribution is 5.62. The van der Waals surface area contributed by atoms with Gasteiger partial charge in [-0.2, -0.15) is 0 Å². The topological polar surface area (TPSA) is 32.3 Å². The van der Waals surface area contributed by atoms with Crippen LogP contribution >= 0.6 is 0 Å². The average Bonchev–Trinajstić information content (AvgIpc) is 2.33. The van der Waals surface area contributed by atoms with E-state index in [0.29, 0.717) is 6.42 Å². The van der Waals surface area contributed by atoms with Crippen molar-refractivity contribution < 1.29 is 5.11 Å². The summed E-state index contributed by atoms with van der Waals surface area (Å²) in [5, 5.41) is 12.3. The Morgan fingerprint density at radius 3 is 2.31 bits per heavy atom. The minimum Gasteiger partial charge on any atom is -0.396 e. The van der Waals surface area contributed by atoms with Crippen LogP contribution in [0.4, 0.5) is 11.4 Å². The first-order chi connectivity index (χ1) is 7.90. The van der Waals surface area contributed by atoms with Crippen molar-refractivity contribution in [3.05, 3.63) is 60.2 Å². The van der Waals surface area contributed by atoms with E-state index in [-0.39, 0.29) is 6.61 Å². The van der Waals surface area contributed by atoms with Gasteiger partial charge in [-0.25, -0.2) is 0 Å². The Morgan fingerprint density at radius 1 is 0.875 bits per heavy atom. The summed E-state index contributed by atoms with van der Waals surface area (Å²) in [5.41, 5.74) is 3.25. The van der Waals surface area contributed by atoms with Gasteiger partial charge in [-0.05, 0) is 30.2 Å². The van der Waals surface area contributed by atoms with Gasteiger partial charge in [0.25, 0.3) is 0 Å². The summed E-state index contributed by atoms with van der Waals surface area (Å²) in [4.78, 5) is 0. The molecule has 82 valence electrons. The maximum Gasteiger partial charge on any atom is 0.0472 e. The molecule has 2 heteroatoms. The Hall–Kier alpha value is -1.80. The quantitative estimate of drug-likeness (QED) is 0.818. The first-order valence-electron chi connectivity index (χ1n) is 5.41. The zero-order valence-electron chi connectivity index (χ0n) is 9.06. The van der Waals surface area contributed by atoms with Crippen molar-refractivity contribution >= 4 is 11.4 Å². The number of hydrogen-bond acceptors (Lipinski definition) is 2. The van der Waals surface area contributed by atoms with Gasteiger partial charge >= 0.3 is 0 Å². The Labute approximate surface area is 95.6 Å². The smallest absolute Gasteiger partial charge is 0.0472 e. The molecule has 0 fully saturated rings. The van der Waals surface area contributed by atoms with Gasteiger partial charge in [0.05, 0.1) is 0 Å². The van der Waals surface area contributed by atoms with E-state index in [2.05, 4.69) is 5.32 Å². The number of anilines is 2. The lowest BCUT2D eigenvalue weighted by molar-refractivity contribution is 0.300. The summed E-state index contributed by atoms with van der Waals surface area (Å²) in [7, 11) is 0. The van der Waals surface area contributed by atoms with Crippen molar-refractivity contribution in [2.45, 2.75) is 6.42 Å². The number of rotatable bonds is 4. The molecular formula is C14H15NO. The van der Waals surface area contributed by atoms with Gasteiger partial charge in [0.15, 0.2) is 0 Å². The SMILES string of the molecule is OCCc1ccccc1Nc1ccccc1. The van der Waals surface area contributed by atoms with E-state index in [9.17, 15) is 0 Å². The number of nitrogens with one attached hydrogen (secondary N) is 1. The molecule has 0 aliphatic carbocycles. The van der Waals surface area contributed by atoms with Crippen molar-refractivity contribution in [3.8, 4) is 0 Å². The van der Waals surface area contributed by atoms with Crippen LogP contribution in [0.2, 0.25) is 0 Å². The number of benzene rings is 2. The molecule has 2 nitrogen and oxygen atoms in total.